The number of benzene rings is 1. The number of hydrogen-bond donors (Lipinski definition) is 1. The first-order valence-electron chi connectivity index (χ1n) is 11.5. The van der Waals surface area contributed by atoms with Gasteiger partial charge in [0.15, 0.2) is 0 Å². The van der Waals surface area contributed by atoms with Crippen molar-refractivity contribution in [2.45, 2.75) is 32.1 Å². The molecule has 2 fully saturated rings. The number of piperidine rings is 1. The fourth-order valence-electron chi connectivity index (χ4n) is 4.66. The van der Waals surface area contributed by atoms with E-state index >= 15 is 0 Å². The van der Waals surface area contributed by atoms with Gasteiger partial charge in [-0.1, -0.05) is 18.2 Å². The lowest BCUT2D eigenvalue weighted by atomic mass is 9.95. The number of rotatable bonds is 4. The van der Waals surface area contributed by atoms with Crippen molar-refractivity contribution in [2.24, 2.45) is 0 Å². The summed E-state index contributed by atoms with van der Waals surface area (Å²) in [6, 6.07) is 9.30. The molecule has 3 aromatic rings. The zero-order valence-corrected chi connectivity index (χ0v) is 18.8. The van der Waals surface area contributed by atoms with E-state index in [9.17, 15) is 9.59 Å². The monoisotopic (exact) mass is 448 g/mol. The zero-order valence-electron chi connectivity index (χ0n) is 18.8. The minimum absolute atomic E-state index is 0.0253. The lowest BCUT2D eigenvalue weighted by Gasteiger charge is -2.32. The molecule has 1 amide bonds. The van der Waals surface area contributed by atoms with Crippen LogP contribution in [-0.2, 0) is 16.0 Å². The fraction of sp³-hybridized carbons (Fsp3) is 0.458. The van der Waals surface area contributed by atoms with Gasteiger partial charge in [-0.2, -0.15) is 5.10 Å². The van der Waals surface area contributed by atoms with Gasteiger partial charge >= 0.3 is 0 Å². The molecule has 9 nitrogen and oxygen atoms in total. The highest BCUT2D eigenvalue weighted by atomic mass is 16.5. The van der Waals surface area contributed by atoms with Gasteiger partial charge in [0, 0.05) is 49.2 Å². The molecule has 5 rings (SSSR count). The van der Waals surface area contributed by atoms with Crippen molar-refractivity contribution >= 4 is 22.5 Å². The molecule has 0 aliphatic carbocycles. The molecule has 1 aromatic carbocycles. The van der Waals surface area contributed by atoms with Crippen molar-refractivity contribution < 1.29 is 9.53 Å². The number of anilines is 1. The molecule has 2 aliphatic rings. The Bertz CT molecular complexity index is 1210. The topological polar surface area (TPSA) is 104 Å². The summed E-state index contributed by atoms with van der Waals surface area (Å²) in [7, 11) is 0. The predicted octanol–water partition coefficient (Wildman–Crippen LogP) is 1.81. The Kier molecular flexibility index (Phi) is 6.04. The molecule has 0 bridgehead atoms. The SMILES string of the molecule is Cc1cc(N2CCOCC2)nc(C2CCN(C(=O)Cc3n[nH]c(=O)c4ccccc34)CC2)n1. The summed E-state index contributed by atoms with van der Waals surface area (Å²) in [5.41, 5.74) is 1.34. The zero-order chi connectivity index (χ0) is 22.8. The molecular weight excluding hydrogens is 420 g/mol. The number of hydrogen-bond acceptors (Lipinski definition) is 7. The molecule has 4 heterocycles. The molecule has 33 heavy (non-hydrogen) atoms. The normalized spacial score (nSPS) is 17.5. The molecule has 2 saturated heterocycles. The number of morpholine rings is 1. The number of aryl methyl sites for hydroxylation is 1. The van der Waals surface area contributed by atoms with E-state index in [2.05, 4.69) is 15.1 Å². The Balaban J connectivity index is 1.25. The van der Waals surface area contributed by atoms with Crippen LogP contribution in [0.2, 0.25) is 0 Å². The van der Waals surface area contributed by atoms with Crippen LogP contribution in [0, 0.1) is 6.92 Å². The summed E-state index contributed by atoms with van der Waals surface area (Å²) in [4.78, 5) is 38.7. The maximum atomic E-state index is 13.0. The van der Waals surface area contributed by atoms with Crippen LogP contribution in [0.4, 0.5) is 5.82 Å². The first-order valence-corrected chi connectivity index (χ1v) is 11.5. The van der Waals surface area contributed by atoms with E-state index in [1.54, 1.807) is 6.07 Å². The van der Waals surface area contributed by atoms with Crippen LogP contribution in [0.15, 0.2) is 35.1 Å². The molecule has 2 aliphatic heterocycles. The molecule has 1 N–H and O–H groups in total. The predicted molar refractivity (Wildman–Crippen MR) is 124 cm³/mol. The van der Waals surface area contributed by atoms with Crippen molar-refractivity contribution in [3.63, 3.8) is 0 Å². The van der Waals surface area contributed by atoms with E-state index < -0.39 is 0 Å². The van der Waals surface area contributed by atoms with Gasteiger partial charge in [-0.3, -0.25) is 9.59 Å². The van der Waals surface area contributed by atoms with Crippen molar-refractivity contribution in [2.75, 3.05) is 44.3 Å². The van der Waals surface area contributed by atoms with Crippen LogP contribution in [0.5, 0.6) is 0 Å². The molecule has 0 radical (unpaired) electrons. The van der Waals surface area contributed by atoms with E-state index in [0.29, 0.717) is 24.2 Å². The molecular formula is C24H28N6O3. The van der Waals surface area contributed by atoms with E-state index in [4.69, 9.17) is 14.7 Å². The van der Waals surface area contributed by atoms with Crippen LogP contribution in [-0.4, -0.2) is 70.4 Å². The van der Waals surface area contributed by atoms with Crippen LogP contribution in [0.3, 0.4) is 0 Å². The van der Waals surface area contributed by atoms with Crippen LogP contribution in [0.25, 0.3) is 10.8 Å². The Morgan fingerprint density at radius 2 is 1.82 bits per heavy atom. The number of aromatic amines is 1. The van der Waals surface area contributed by atoms with Crippen molar-refractivity contribution in [1.29, 1.82) is 0 Å². The summed E-state index contributed by atoms with van der Waals surface area (Å²) in [6.07, 6.45) is 1.83. The standard InChI is InChI=1S/C24H28N6O3/c1-16-14-21(29-10-12-33-13-11-29)26-23(25-16)17-6-8-30(9-7-17)22(31)15-20-18-4-2-3-5-19(18)24(32)28-27-20/h2-5,14,17H,6-13,15H2,1H3,(H,28,32). The summed E-state index contributed by atoms with van der Waals surface area (Å²) in [5.74, 6) is 2.10. The number of fused-ring (bicyclic) bond motifs is 1. The molecule has 0 saturated carbocycles. The third-order valence-corrected chi connectivity index (χ3v) is 6.50. The van der Waals surface area contributed by atoms with Crippen LogP contribution >= 0.6 is 0 Å². The molecule has 2 aromatic heterocycles. The van der Waals surface area contributed by atoms with Gasteiger partial charge in [0.1, 0.15) is 11.6 Å². The lowest BCUT2D eigenvalue weighted by molar-refractivity contribution is -0.131. The van der Waals surface area contributed by atoms with Gasteiger partial charge in [0.05, 0.1) is 30.7 Å². The van der Waals surface area contributed by atoms with Gasteiger partial charge in [0.25, 0.3) is 5.56 Å². The molecule has 0 unspecified atom stereocenters. The largest absolute Gasteiger partial charge is 0.378 e. The average Bonchev–Trinajstić information content (AvgIpc) is 2.86. The van der Waals surface area contributed by atoms with Crippen molar-refractivity contribution in [3.05, 3.63) is 57.9 Å². The number of amides is 1. The molecule has 0 spiro atoms. The van der Waals surface area contributed by atoms with E-state index in [1.807, 2.05) is 36.1 Å². The number of likely N-dealkylation sites (tertiary alicyclic amines) is 1. The number of nitrogens with zero attached hydrogens (tertiary/aromatic N) is 5. The van der Waals surface area contributed by atoms with Gasteiger partial charge < -0.3 is 14.5 Å². The fourth-order valence-corrected chi connectivity index (χ4v) is 4.66. The van der Waals surface area contributed by atoms with E-state index in [0.717, 1.165) is 61.9 Å². The first-order chi connectivity index (χ1) is 16.1. The van der Waals surface area contributed by atoms with Gasteiger partial charge in [-0.15, -0.1) is 0 Å². The lowest BCUT2D eigenvalue weighted by Crippen LogP contribution is -2.39. The summed E-state index contributed by atoms with van der Waals surface area (Å²) < 4.78 is 5.46. The number of carbonyl (C=O) groups is 1. The Hall–Kier alpha value is -3.33. The van der Waals surface area contributed by atoms with Crippen molar-refractivity contribution in [3.8, 4) is 0 Å². The number of carbonyl (C=O) groups excluding carboxylic acids is 1. The highest BCUT2D eigenvalue weighted by molar-refractivity contribution is 5.88. The van der Waals surface area contributed by atoms with Crippen molar-refractivity contribution in [1.82, 2.24) is 25.1 Å². The maximum Gasteiger partial charge on any atom is 0.272 e. The third kappa shape index (κ3) is 4.59. The quantitative estimate of drug-likeness (QED) is 0.649. The highest BCUT2D eigenvalue weighted by Crippen LogP contribution is 2.28. The Morgan fingerprint density at radius 3 is 2.58 bits per heavy atom. The second-order valence-electron chi connectivity index (χ2n) is 8.70. The van der Waals surface area contributed by atoms with Gasteiger partial charge in [0.2, 0.25) is 5.91 Å². The Morgan fingerprint density at radius 1 is 1.09 bits per heavy atom. The van der Waals surface area contributed by atoms with E-state index in [1.165, 1.54) is 0 Å². The summed E-state index contributed by atoms with van der Waals surface area (Å²) in [6.45, 7) is 6.46. The van der Waals surface area contributed by atoms with Gasteiger partial charge in [-0.25, -0.2) is 15.1 Å². The highest BCUT2D eigenvalue weighted by Gasteiger charge is 2.27. The molecule has 9 heteroatoms. The van der Waals surface area contributed by atoms with E-state index in [-0.39, 0.29) is 23.8 Å². The smallest absolute Gasteiger partial charge is 0.272 e. The molecule has 172 valence electrons. The second kappa shape index (κ2) is 9.27. The summed E-state index contributed by atoms with van der Waals surface area (Å²) in [5, 5.41) is 7.95. The molecule has 0 atom stereocenters. The first kappa shape index (κ1) is 21.5. The average molecular weight is 449 g/mol. The Labute approximate surface area is 191 Å². The number of nitrogens with one attached hydrogen (secondary N) is 1. The maximum absolute atomic E-state index is 13.0. The summed E-state index contributed by atoms with van der Waals surface area (Å²) >= 11 is 0. The minimum Gasteiger partial charge on any atom is -0.378 e. The van der Waals surface area contributed by atoms with Crippen LogP contribution in [0.1, 0.15) is 36.0 Å². The number of aromatic nitrogens is 4. The third-order valence-electron chi connectivity index (χ3n) is 6.50. The minimum atomic E-state index is -0.239. The van der Waals surface area contributed by atoms with Crippen LogP contribution < -0.4 is 10.5 Å². The number of ether oxygens (including phenoxy) is 1. The second-order valence-corrected chi connectivity index (χ2v) is 8.70. The number of H-pyrrole nitrogens is 1. The van der Waals surface area contributed by atoms with Gasteiger partial charge in [-0.05, 0) is 25.8 Å².